The number of anilines is 4. The molecule has 2 aliphatic heterocycles. The molecule has 1 aromatic heterocycles. The first-order valence-corrected chi connectivity index (χ1v) is 12.3. The zero-order chi connectivity index (χ0) is 24.7. The highest BCUT2D eigenvalue weighted by atomic mass is 16.5. The largest absolute Gasteiger partial charge is 0.486 e. The average Bonchev–Trinajstić information content (AvgIpc) is 3.48. The van der Waals surface area contributed by atoms with Crippen molar-refractivity contribution in [3.8, 4) is 5.75 Å². The summed E-state index contributed by atoms with van der Waals surface area (Å²) in [4.78, 5) is 38.0. The molecule has 1 saturated carbocycles. The highest BCUT2D eigenvalue weighted by Gasteiger charge is 2.38. The summed E-state index contributed by atoms with van der Waals surface area (Å²) >= 11 is 0. The maximum absolute atomic E-state index is 12.8. The molecule has 5 rings (SSSR count). The Morgan fingerprint density at radius 3 is 2.77 bits per heavy atom. The molecule has 3 heterocycles. The van der Waals surface area contributed by atoms with E-state index < -0.39 is 5.97 Å². The van der Waals surface area contributed by atoms with Crippen molar-refractivity contribution in [2.75, 3.05) is 36.2 Å². The van der Waals surface area contributed by atoms with Crippen molar-refractivity contribution < 1.29 is 19.4 Å². The number of carboxylic acids is 1. The number of fused-ring (bicyclic) bond motifs is 2. The lowest BCUT2D eigenvalue weighted by Gasteiger charge is -2.40. The number of aromatic nitrogens is 2. The number of hydrogen-bond acceptors (Lipinski definition) is 8. The van der Waals surface area contributed by atoms with Gasteiger partial charge in [-0.05, 0) is 45.5 Å². The molecular weight excluding hydrogens is 448 g/mol. The minimum Gasteiger partial charge on any atom is -0.486 e. The average molecular weight is 481 g/mol. The number of likely N-dealkylation sites (N-methyl/N-ethyl adjacent to an activating group) is 1. The SMILES string of the molecule is CC[C@@H]1C(=O)Nc2cnc(Nc3ccc(C(=O)O)c4c3OC(CN(C)C)C4)nc2N1C1CCCC1. The number of nitrogens with zero attached hydrogens (tertiary/aromatic N) is 4. The number of hydrogen-bond donors (Lipinski definition) is 3. The van der Waals surface area contributed by atoms with E-state index in [-0.39, 0.29) is 29.7 Å². The molecule has 0 bridgehead atoms. The lowest BCUT2D eigenvalue weighted by molar-refractivity contribution is -0.117. The van der Waals surface area contributed by atoms with Crippen LogP contribution in [0.15, 0.2) is 18.3 Å². The summed E-state index contributed by atoms with van der Waals surface area (Å²) in [5.74, 6) is 0.651. The van der Waals surface area contributed by atoms with Crippen LogP contribution in [0.3, 0.4) is 0 Å². The van der Waals surface area contributed by atoms with Gasteiger partial charge in [0.1, 0.15) is 23.6 Å². The van der Waals surface area contributed by atoms with Gasteiger partial charge in [-0.25, -0.2) is 9.78 Å². The van der Waals surface area contributed by atoms with E-state index in [1.165, 1.54) is 0 Å². The maximum atomic E-state index is 12.8. The van der Waals surface area contributed by atoms with Crippen molar-refractivity contribution >= 4 is 35.0 Å². The second-order valence-corrected chi connectivity index (χ2v) is 9.79. The predicted octanol–water partition coefficient (Wildman–Crippen LogP) is 3.26. The van der Waals surface area contributed by atoms with Crippen LogP contribution in [0, 0.1) is 0 Å². The molecule has 0 radical (unpaired) electrons. The van der Waals surface area contributed by atoms with Crippen LogP contribution in [0.1, 0.15) is 54.9 Å². The third kappa shape index (κ3) is 4.38. The van der Waals surface area contributed by atoms with Crippen molar-refractivity contribution in [2.24, 2.45) is 0 Å². The summed E-state index contributed by atoms with van der Waals surface area (Å²) in [6.07, 6.45) is 7.11. The van der Waals surface area contributed by atoms with Gasteiger partial charge in [0, 0.05) is 24.6 Å². The van der Waals surface area contributed by atoms with Gasteiger partial charge in [-0.3, -0.25) is 4.79 Å². The Hall–Kier alpha value is -3.40. The fourth-order valence-electron chi connectivity index (χ4n) is 5.53. The quantitative estimate of drug-likeness (QED) is 0.548. The molecule has 3 aliphatic rings. The highest BCUT2D eigenvalue weighted by Crippen LogP contribution is 2.41. The molecule has 1 aromatic carbocycles. The summed E-state index contributed by atoms with van der Waals surface area (Å²) < 4.78 is 6.19. The summed E-state index contributed by atoms with van der Waals surface area (Å²) in [6.45, 7) is 2.70. The first-order chi connectivity index (χ1) is 16.9. The number of nitrogens with one attached hydrogen (secondary N) is 2. The summed E-state index contributed by atoms with van der Waals surface area (Å²) in [6, 6.07) is 3.32. The second-order valence-electron chi connectivity index (χ2n) is 9.79. The highest BCUT2D eigenvalue weighted by molar-refractivity contribution is 6.03. The lowest BCUT2D eigenvalue weighted by atomic mass is 10.0. The zero-order valence-electron chi connectivity index (χ0n) is 20.4. The molecule has 1 unspecified atom stereocenters. The Kier molecular flexibility index (Phi) is 6.22. The van der Waals surface area contributed by atoms with E-state index in [1.54, 1.807) is 18.3 Å². The van der Waals surface area contributed by atoms with Crippen LogP contribution in [0.5, 0.6) is 5.75 Å². The molecule has 3 N–H and O–H groups in total. The Labute approximate surface area is 204 Å². The Balaban J connectivity index is 1.48. The van der Waals surface area contributed by atoms with Crippen molar-refractivity contribution in [1.29, 1.82) is 0 Å². The molecule has 35 heavy (non-hydrogen) atoms. The maximum Gasteiger partial charge on any atom is 0.336 e. The number of carboxylic acid groups (broad SMARTS) is 1. The monoisotopic (exact) mass is 480 g/mol. The Morgan fingerprint density at radius 1 is 1.31 bits per heavy atom. The summed E-state index contributed by atoms with van der Waals surface area (Å²) in [5.41, 5.74) is 2.17. The molecule has 10 heteroatoms. The minimum atomic E-state index is -0.972. The zero-order valence-corrected chi connectivity index (χ0v) is 20.4. The van der Waals surface area contributed by atoms with Gasteiger partial charge < -0.3 is 30.3 Å². The van der Waals surface area contributed by atoms with Crippen LogP contribution in [0.25, 0.3) is 0 Å². The first kappa shape index (κ1) is 23.3. The predicted molar refractivity (Wildman–Crippen MR) is 133 cm³/mol. The fourth-order valence-corrected chi connectivity index (χ4v) is 5.53. The Bertz CT molecular complexity index is 1150. The van der Waals surface area contributed by atoms with Gasteiger partial charge in [0.2, 0.25) is 11.9 Å². The molecule has 186 valence electrons. The van der Waals surface area contributed by atoms with Crippen LogP contribution in [0.2, 0.25) is 0 Å². The number of amides is 1. The standard InChI is InChI=1S/C25H32N6O4/c1-4-20-23(32)27-19-12-26-25(29-22(19)31(20)14-7-5-6-8-14)28-18-10-9-16(24(33)34)17-11-15(13-30(2)3)35-21(17)18/h9-10,12,14-15,20H,4-8,11,13H2,1-3H3,(H,27,32)(H,33,34)(H,26,28,29)/t15?,20-/m1/s1. The number of carbonyl (C=O) groups is 2. The molecule has 1 amide bonds. The molecule has 2 aromatic rings. The van der Waals surface area contributed by atoms with Gasteiger partial charge in [-0.2, -0.15) is 4.98 Å². The van der Waals surface area contributed by atoms with Crippen LogP contribution in [-0.4, -0.2) is 70.7 Å². The van der Waals surface area contributed by atoms with Gasteiger partial charge in [-0.1, -0.05) is 19.8 Å². The summed E-state index contributed by atoms with van der Waals surface area (Å²) in [7, 11) is 3.92. The van der Waals surface area contributed by atoms with E-state index in [0.717, 1.165) is 31.5 Å². The van der Waals surface area contributed by atoms with Crippen LogP contribution in [-0.2, 0) is 11.2 Å². The number of aromatic carboxylic acids is 1. The van der Waals surface area contributed by atoms with Gasteiger partial charge in [0.15, 0.2) is 5.82 Å². The molecule has 1 aliphatic carbocycles. The molecule has 0 saturated heterocycles. The molecule has 10 nitrogen and oxygen atoms in total. The number of benzene rings is 1. The lowest BCUT2D eigenvalue weighted by Crippen LogP contribution is -2.52. The Morgan fingerprint density at radius 2 is 2.09 bits per heavy atom. The third-order valence-corrected chi connectivity index (χ3v) is 7.04. The van der Waals surface area contributed by atoms with E-state index in [1.807, 2.05) is 25.9 Å². The number of carbonyl (C=O) groups excluding carboxylic acids is 1. The fraction of sp³-hybridized carbons (Fsp3) is 0.520. The molecule has 0 spiro atoms. The topological polar surface area (TPSA) is 120 Å². The smallest absolute Gasteiger partial charge is 0.336 e. The molecule has 2 atom stereocenters. The van der Waals surface area contributed by atoms with E-state index in [2.05, 4.69) is 20.5 Å². The van der Waals surface area contributed by atoms with E-state index >= 15 is 0 Å². The van der Waals surface area contributed by atoms with E-state index in [9.17, 15) is 14.7 Å². The molecular formula is C25H32N6O4. The van der Waals surface area contributed by atoms with Crippen molar-refractivity contribution in [2.45, 2.75) is 63.6 Å². The van der Waals surface area contributed by atoms with Gasteiger partial charge in [0.25, 0.3) is 0 Å². The third-order valence-electron chi connectivity index (χ3n) is 7.04. The van der Waals surface area contributed by atoms with Gasteiger partial charge >= 0.3 is 5.97 Å². The normalized spacial score (nSPS) is 21.5. The van der Waals surface area contributed by atoms with Crippen LogP contribution in [0.4, 0.5) is 23.1 Å². The van der Waals surface area contributed by atoms with E-state index in [0.29, 0.717) is 48.0 Å². The van der Waals surface area contributed by atoms with Gasteiger partial charge in [-0.15, -0.1) is 0 Å². The second kappa shape index (κ2) is 9.33. The van der Waals surface area contributed by atoms with Crippen molar-refractivity contribution in [3.05, 3.63) is 29.5 Å². The summed E-state index contributed by atoms with van der Waals surface area (Å²) in [5, 5.41) is 15.9. The van der Waals surface area contributed by atoms with Crippen molar-refractivity contribution in [3.63, 3.8) is 0 Å². The number of rotatable bonds is 7. The van der Waals surface area contributed by atoms with Gasteiger partial charge in [0.05, 0.1) is 17.4 Å². The minimum absolute atomic E-state index is 0.0152. The van der Waals surface area contributed by atoms with Crippen molar-refractivity contribution in [1.82, 2.24) is 14.9 Å². The van der Waals surface area contributed by atoms with Crippen LogP contribution >= 0.6 is 0 Å². The molecule has 1 fully saturated rings. The number of ether oxygens (including phenoxy) is 1. The first-order valence-electron chi connectivity index (χ1n) is 12.3. The van der Waals surface area contributed by atoms with Crippen LogP contribution < -0.4 is 20.3 Å². The van der Waals surface area contributed by atoms with E-state index in [4.69, 9.17) is 9.72 Å².